The summed E-state index contributed by atoms with van der Waals surface area (Å²) in [7, 11) is 0. The Morgan fingerprint density at radius 1 is 1.21 bits per heavy atom. The molecular formula is C21H23ClN4O3. The van der Waals surface area contributed by atoms with Crippen molar-refractivity contribution < 1.29 is 9.53 Å². The van der Waals surface area contributed by atoms with Crippen LogP contribution in [0.15, 0.2) is 47.4 Å². The SMILES string of the molecule is C[C@H]1CN(C(=O)OC(C)(C)C)[C@@H]1c1nn2ccc(Cl)c2c(=O)n1-c1ccccc1. The van der Waals surface area contributed by atoms with Crippen molar-refractivity contribution in [1.29, 1.82) is 0 Å². The van der Waals surface area contributed by atoms with E-state index in [9.17, 15) is 9.59 Å². The van der Waals surface area contributed by atoms with E-state index in [1.807, 2.05) is 58.0 Å². The fourth-order valence-corrected chi connectivity index (χ4v) is 3.88. The van der Waals surface area contributed by atoms with Gasteiger partial charge >= 0.3 is 6.09 Å². The molecule has 0 saturated carbocycles. The Balaban J connectivity index is 1.89. The molecule has 29 heavy (non-hydrogen) atoms. The van der Waals surface area contributed by atoms with Gasteiger partial charge in [0.05, 0.1) is 16.8 Å². The van der Waals surface area contributed by atoms with Gasteiger partial charge in [-0.05, 0) is 39.0 Å². The lowest BCUT2D eigenvalue weighted by Gasteiger charge is -2.46. The van der Waals surface area contributed by atoms with E-state index in [0.717, 1.165) is 0 Å². The summed E-state index contributed by atoms with van der Waals surface area (Å²) >= 11 is 6.24. The molecule has 7 nitrogen and oxygen atoms in total. The topological polar surface area (TPSA) is 68.8 Å². The Bertz CT molecular complexity index is 1130. The third-order valence-corrected chi connectivity index (χ3v) is 5.23. The zero-order valence-electron chi connectivity index (χ0n) is 16.8. The highest BCUT2D eigenvalue weighted by Gasteiger charge is 2.45. The van der Waals surface area contributed by atoms with Crippen LogP contribution in [0.3, 0.4) is 0 Å². The van der Waals surface area contributed by atoms with E-state index < -0.39 is 11.7 Å². The van der Waals surface area contributed by atoms with E-state index in [-0.39, 0.29) is 17.5 Å². The standard InChI is InChI=1S/C21H23ClN4O3/c1-13-12-24(20(28)29-21(2,3)4)16(13)18-23-25-11-10-15(22)17(25)19(27)26(18)14-8-6-5-7-9-14/h5-11,13,16H,12H2,1-4H3/t13-,16-/m0/s1. The molecule has 0 unspecified atom stereocenters. The Morgan fingerprint density at radius 3 is 2.52 bits per heavy atom. The predicted octanol–water partition coefficient (Wildman–Crippen LogP) is 4.07. The fourth-order valence-electron chi connectivity index (χ4n) is 3.66. The highest BCUT2D eigenvalue weighted by molar-refractivity contribution is 6.33. The highest BCUT2D eigenvalue weighted by Crippen LogP contribution is 2.39. The van der Waals surface area contributed by atoms with Crippen molar-refractivity contribution in [2.45, 2.75) is 39.3 Å². The number of carbonyl (C=O) groups is 1. The Hall–Kier alpha value is -2.80. The second kappa shape index (κ2) is 6.91. The molecule has 8 heteroatoms. The van der Waals surface area contributed by atoms with Crippen LogP contribution in [0.5, 0.6) is 0 Å². The van der Waals surface area contributed by atoms with Crippen LogP contribution in [-0.2, 0) is 4.74 Å². The molecule has 4 rings (SSSR count). The predicted molar refractivity (Wildman–Crippen MR) is 111 cm³/mol. The van der Waals surface area contributed by atoms with Crippen LogP contribution in [0.2, 0.25) is 5.02 Å². The van der Waals surface area contributed by atoms with Crippen molar-refractivity contribution in [2.24, 2.45) is 5.92 Å². The molecule has 1 saturated heterocycles. The lowest BCUT2D eigenvalue weighted by Crippen LogP contribution is -2.54. The largest absolute Gasteiger partial charge is 0.444 e. The van der Waals surface area contributed by atoms with E-state index in [0.29, 0.717) is 28.6 Å². The smallest absolute Gasteiger partial charge is 0.410 e. The van der Waals surface area contributed by atoms with Crippen molar-refractivity contribution >= 4 is 23.2 Å². The Morgan fingerprint density at radius 2 is 1.90 bits per heavy atom. The molecule has 2 atom stereocenters. The van der Waals surface area contributed by atoms with Crippen LogP contribution in [0.4, 0.5) is 4.79 Å². The Kier molecular flexibility index (Phi) is 4.65. The van der Waals surface area contributed by atoms with Gasteiger partial charge in [0.15, 0.2) is 5.82 Å². The maximum absolute atomic E-state index is 13.4. The van der Waals surface area contributed by atoms with Crippen LogP contribution >= 0.6 is 11.6 Å². The van der Waals surface area contributed by atoms with E-state index in [2.05, 4.69) is 5.10 Å². The molecule has 0 spiro atoms. The van der Waals surface area contributed by atoms with Crippen molar-refractivity contribution in [1.82, 2.24) is 19.1 Å². The normalized spacial score (nSPS) is 19.3. The number of hydrogen-bond acceptors (Lipinski definition) is 4. The lowest BCUT2D eigenvalue weighted by atomic mass is 9.90. The number of nitrogens with zero attached hydrogens (tertiary/aromatic N) is 4. The first-order valence-electron chi connectivity index (χ1n) is 9.52. The average Bonchev–Trinajstić information content (AvgIpc) is 3.00. The number of benzene rings is 1. The lowest BCUT2D eigenvalue weighted by molar-refractivity contribution is -0.0303. The number of halogens is 1. The summed E-state index contributed by atoms with van der Waals surface area (Å²) in [5, 5.41) is 5.02. The number of hydrogen-bond donors (Lipinski definition) is 0. The van der Waals surface area contributed by atoms with Gasteiger partial charge in [0, 0.05) is 18.7 Å². The van der Waals surface area contributed by atoms with Gasteiger partial charge in [-0.1, -0.05) is 36.7 Å². The van der Waals surface area contributed by atoms with Gasteiger partial charge in [-0.3, -0.25) is 14.3 Å². The third kappa shape index (κ3) is 3.40. The van der Waals surface area contributed by atoms with Gasteiger partial charge < -0.3 is 4.74 Å². The summed E-state index contributed by atoms with van der Waals surface area (Å²) in [5.74, 6) is 0.596. The average molecular weight is 415 g/mol. The molecule has 1 fully saturated rings. The minimum Gasteiger partial charge on any atom is -0.444 e. The van der Waals surface area contributed by atoms with Crippen molar-refractivity contribution in [3.05, 3.63) is 63.8 Å². The van der Waals surface area contributed by atoms with Crippen molar-refractivity contribution in [3.8, 4) is 5.69 Å². The van der Waals surface area contributed by atoms with Gasteiger partial charge in [0.25, 0.3) is 5.56 Å². The van der Waals surface area contributed by atoms with Crippen molar-refractivity contribution in [3.63, 3.8) is 0 Å². The number of carbonyl (C=O) groups excluding carboxylic acids is 1. The summed E-state index contributed by atoms with van der Waals surface area (Å²) in [6, 6.07) is 10.5. The number of aromatic nitrogens is 3. The fraction of sp³-hybridized carbons (Fsp3) is 0.381. The summed E-state index contributed by atoms with van der Waals surface area (Å²) in [5.41, 5.74) is 0.0859. The summed E-state index contributed by atoms with van der Waals surface area (Å²) in [6.45, 7) is 8.05. The van der Waals surface area contributed by atoms with Gasteiger partial charge in [0.1, 0.15) is 11.1 Å². The summed E-state index contributed by atoms with van der Waals surface area (Å²) in [4.78, 5) is 27.7. The molecule has 0 N–H and O–H groups in total. The van der Waals surface area contributed by atoms with Gasteiger partial charge in [-0.2, -0.15) is 5.10 Å². The quantitative estimate of drug-likeness (QED) is 0.634. The number of likely N-dealkylation sites (tertiary alicyclic amines) is 1. The van der Waals surface area contributed by atoms with E-state index in [4.69, 9.17) is 16.3 Å². The number of rotatable bonds is 2. The van der Waals surface area contributed by atoms with Crippen LogP contribution in [-0.4, -0.2) is 37.3 Å². The van der Waals surface area contributed by atoms with Crippen LogP contribution < -0.4 is 5.56 Å². The molecule has 3 aromatic rings. The van der Waals surface area contributed by atoms with E-state index in [1.54, 1.807) is 21.7 Å². The Labute approximate surface area is 173 Å². The van der Waals surface area contributed by atoms with Crippen LogP contribution in [0.25, 0.3) is 11.2 Å². The molecular weight excluding hydrogens is 392 g/mol. The van der Waals surface area contributed by atoms with Crippen LogP contribution in [0, 0.1) is 5.92 Å². The second-order valence-electron chi connectivity index (χ2n) is 8.35. The first-order valence-corrected chi connectivity index (χ1v) is 9.90. The summed E-state index contributed by atoms with van der Waals surface area (Å²) in [6.07, 6.45) is 1.24. The molecule has 1 aromatic carbocycles. The number of fused-ring (bicyclic) bond motifs is 1. The molecule has 1 aliphatic heterocycles. The molecule has 3 heterocycles. The van der Waals surface area contributed by atoms with Crippen LogP contribution in [0.1, 0.15) is 39.6 Å². The van der Waals surface area contributed by atoms with Crippen molar-refractivity contribution in [2.75, 3.05) is 6.54 Å². The maximum atomic E-state index is 13.4. The zero-order chi connectivity index (χ0) is 20.9. The second-order valence-corrected chi connectivity index (χ2v) is 8.75. The first kappa shape index (κ1) is 19.5. The number of ether oxygens (including phenoxy) is 1. The minimum absolute atomic E-state index is 0.118. The molecule has 0 radical (unpaired) electrons. The number of para-hydroxylation sites is 1. The van der Waals surface area contributed by atoms with Gasteiger partial charge in [0.2, 0.25) is 0 Å². The summed E-state index contributed by atoms with van der Waals surface area (Å²) < 4.78 is 8.58. The van der Waals surface area contributed by atoms with Gasteiger partial charge in [-0.15, -0.1) is 0 Å². The molecule has 1 amide bonds. The maximum Gasteiger partial charge on any atom is 0.410 e. The monoisotopic (exact) mass is 414 g/mol. The molecule has 0 aliphatic carbocycles. The molecule has 2 aromatic heterocycles. The van der Waals surface area contributed by atoms with E-state index >= 15 is 0 Å². The number of amides is 1. The molecule has 1 aliphatic rings. The minimum atomic E-state index is -0.606. The van der Waals surface area contributed by atoms with Gasteiger partial charge in [-0.25, -0.2) is 9.31 Å². The third-order valence-electron chi connectivity index (χ3n) is 4.93. The molecule has 0 bridgehead atoms. The first-order chi connectivity index (χ1) is 13.7. The molecule has 152 valence electrons. The van der Waals surface area contributed by atoms with E-state index in [1.165, 1.54) is 4.52 Å². The highest BCUT2D eigenvalue weighted by atomic mass is 35.5. The zero-order valence-corrected chi connectivity index (χ0v) is 17.6.